The number of hydrogen-bond acceptors (Lipinski definition) is 1. The van der Waals surface area contributed by atoms with Crippen molar-refractivity contribution in [1.29, 1.82) is 0 Å². The van der Waals surface area contributed by atoms with E-state index in [1.165, 1.54) is 0 Å². The van der Waals surface area contributed by atoms with Gasteiger partial charge in [0.15, 0.2) is 0 Å². The van der Waals surface area contributed by atoms with Gasteiger partial charge in [-0.1, -0.05) is 6.42 Å². The van der Waals surface area contributed by atoms with Crippen LogP contribution in [-0.4, -0.2) is 24.3 Å². The molecule has 0 aromatic carbocycles. The second-order valence-electron chi connectivity index (χ2n) is 1.53. The van der Waals surface area contributed by atoms with E-state index in [0.29, 0.717) is 6.04 Å². The van der Waals surface area contributed by atoms with E-state index in [9.17, 15) is 0 Å². The van der Waals surface area contributed by atoms with Crippen LogP contribution in [0.1, 0.15) is 6.42 Å². The van der Waals surface area contributed by atoms with E-state index < -0.39 is 0 Å². The zero-order valence-electron chi connectivity index (χ0n) is 4.00. The first kappa shape index (κ1) is 7.61. The van der Waals surface area contributed by atoms with Crippen molar-refractivity contribution in [2.75, 3.05) is 13.2 Å². The Kier molecular flexibility index (Phi) is 3.90. The van der Waals surface area contributed by atoms with Crippen LogP contribution in [0.3, 0.4) is 0 Å². The molecular formula is C4H8NOW+. The Morgan fingerprint density at radius 1 is 1.71 bits per heavy atom. The van der Waals surface area contributed by atoms with Crippen molar-refractivity contribution < 1.29 is 26.2 Å². The first-order chi connectivity index (χ1) is 2.93. The summed E-state index contributed by atoms with van der Waals surface area (Å²) in [5.74, 6) is 0. The molecule has 0 bridgehead atoms. The van der Waals surface area contributed by atoms with Crippen LogP contribution < -0.4 is 0 Å². The summed E-state index contributed by atoms with van der Waals surface area (Å²) < 4.78 is 0. The van der Waals surface area contributed by atoms with Crippen LogP contribution in [0.5, 0.6) is 0 Å². The summed E-state index contributed by atoms with van der Waals surface area (Å²) in [7, 11) is 0. The van der Waals surface area contributed by atoms with Crippen molar-refractivity contribution in [2.24, 2.45) is 0 Å². The maximum absolute atomic E-state index is 8.29. The van der Waals surface area contributed by atoms with E-state index >= 15 is 0 Å². The van der Waals surface area contributed by atoms with Gasteiger partial charge in [0.1, 0.15) is 0 Å². The number of aliphatic hydroxyl groups is 1. The van der Waals surface area contributed by atoms with Gasteiger partial charge < -0.3 is 10.4 Å². The van der Waals surface area contributed by atoms with E-state index in [1.807, 2.05) is 0 Å². The Morgan fingerprint density at radius 2 is 2.29 bits per heavy atom. The predicted octanol–water partition coefficient (Wildman–Crippen LogP) is 0.122. The molecule has 40 valence electrons. The van der Waals surface area contributed by atoms with Crippen molar-refractivity contribution >= 4 is 0 Å². The van der Waals surface area contributed by atoms with Gasteiger partial charge in [-0.2, -0.15) is 6.54 Å². The molecule has 3 heteroatoms. The summed E-state index contributed by atoms with van der Waals surface area (Å²) in [6.45, 7) is 1.21. The second kappa shape index (κ2) is 3.59. The normalized spacial score (nSPS) is 27.9. The summed E-state index contributed by atoms with van der Waals surface area (Å²) in [5, 5.41) is 12.2. The maximum atomic E-state index is 8.29. The molecular weight excluding hydrogens is 262 g/mol. The molecule has 1 aliphatic heterocycles. The van der Waals surface area contributed by atoms with Crippen molar-refractivity contribution in [2.45, 2.75) is 12.5 Å². The average molecular weight is 270 g/mol. The van der Waals surface area contributed by atoms with Crippen LogP contribution in [-0.2, 0) is 21.1 Å². The average Bonchev–Trinajstić information content (AvgIpc) is 1.31. The van der Waals surface area contributed by atoms with E-state index in [1.54, 1.807) is 0 Å². The fourth-order valence-electron chi connectivity index (χ4n) is 0.461. The molecule has 0 spiro atoms. The van der Waals surface area contributed by atoms with Crippen LogP contribution in [0.25, 0.3) is 5.32 Å². The SMILES string of the molecule is OCC1CC[N-]1.[W+2]. The smallest absolute Gasteiger partial charge is 0.658 e. The van der Waals surface area contributed by atoms with Gasteiger partial charge in [0.25, 0.3) is 0 Å². The summed E-state index contributed by atoms with van der Waals surface area (Å²) in [4.78, 5) is 0. The minimum atomic E-state index is 0. The quantitative estimate of drug-likeness (QED) is 0.721. The monoisotopic (exact) mass is 270 g/mol. The number of nitrogens with zero attached hydrogens (tertiary/aromatic N) is 1. The molecule has 1 rings (SSSR count). The van der Waals surface area contributed by atoms with E-state index in [4.69, 9.17) is 5.11 Å². The fourth-order valence-corrected chi connectivity index (χ4v) is 0.461. The minimum absolute atomic E-state index is 0. The van der Waals surface area contributed by atoms with Crippen LogP contribution >= 0.6 is 0 Å². The third-order valence-corrected chi connectivity index (χ3v) is 1.06. The summed E-state index contributed by atoms with van der Waals surface area (Å²) in [6, 6.07) is 0.296. The molecule has 1 unspecified atom stereocenters. The zero-order valence-corrected chi connectivity index (χ0v) is 6.93. The maximum Gasteiger partial charge on any atom is 2.00 e. The molecule has 1 aliphatic rings. The molecule has 0 aromatic rings. The minimum Gasteiger partial charge on any atom is -0.658 e. The van der Waals surface area contributed by atoms with Crippen molar-refractivity contribution in [3.8, 4) is 0 Å². The van der Waals surface area contributed by atoms with Gasteiger partial charge in [-0.25, -0.2) is 0 Å². The third-order valence-electron chi connectivity index (χ3n) is 1.06. The van der Waals surface area contributed by atoms with Crippen LogP contribution in [0.2, 0.25) is 0 Å². The van der Waals surface area contributed by atoms with Gasteiger partial charge in [0.05, 0.1) is 0 Å². The molecule has 7 heavy (non-hydrogen) atoms. The van der Waals surface area contributed by atoms with Gasteiger partial charge in [-0.15, -0.1) is 6.04 Å². The fraction of sp³-hybridized carbons (Fsp3) is 1.00. The molecule has 1 saturated heterocycles. The molecule has 0 aromatic heterocycles. The van der Waals surface area contributed by atoms with Gasteiger partial charge in [0, 0.05) is 6.61 Å². The molecule has 0 saturated carbocycles. The molecule has 1 N–H and O–H groups in total. The Labute approximate surface area is 57.6 Å². The Hall–Kier alpha value is 0.608. The second-order valence-corrected chi connectivity index (χ2v) is 1.53. The molecule has 0 radical (unpaired) electrons. The van der Waals surface area contributed by atoms with E-state index in [2.05, 4.69) is 5.32 Å². The Bertz CT molecular complexity index is 44.2. The Balaban J connectivity index is 0.000000360. The van der Waals surface area contributed by atoms with E-state index in [0.717, 1.165) is 13.0 Å². The zero-order chi connectivity index (χ0) is 4.41. The van der Waals surface area contributed by atoms with Gasteiger partial charge in [0.2, 0.25) is 0 Å². The molecule has 1 fully saturated rings. The predicted molar refractivity (Wildman–Crippen MR) is 23.7 cm³/mol. The first-order valence-corrected chi connectivity index (χ1v) is 2.21. The molecule has 0 amide bonds. The third kappa shape index (κ3) is 1.89. The summed E-state index contributed by atoms with van der Waals surface area (Å²) >= 11 is 0. The molecule has 2 nitrogen and oxygen atoms in total. The largest absolute Gasteiger partial charge is 2.00 e. The standard InChI is InChI=1S/C4H8NO.W/c6-3-4-1-2-5-4;/h4,6H,1-3H2;/q-1;+2. The van der Waals surface area contributed by atoms with Crippen molar-refractivity contribution in [3.63, 3.8) is 0 Å². The molecule has 0 aliphatic carbocycles. The first-order valence-electron chi connectivity index (χ1n) is 2.21. The van der Waals surface area contributed by atoms with Gasteiger partial charge in [-0.05, 0) is 0 Å². The molecule has 1 atom stereocenters. The van der Waals surface area contributed by atoms with Crippen LogP contribution in [0.15, 0.2) is 0 Å². The summed E-state index contributed by atoms with van der Waals surface area (Å²) in [6.07, 6.45) is 1.09. The number of rotatable bonds is 1. The van der Waals surface area contributed by atoms with Crippen molar-refractivity contribution in [1.82, 2.24) is 0 Å². The van der Waals surface area contributed by atoms with Gasteiger partial charge >= 0.3 is 21.1 Å². The van der Waals surface area contributed by atoms with Crippen molar-refractivity contribution in [3.05, 3.63) is 5.32 Å². The molecule has 1 heterocycles. The number of hydrogen-bond donors (Lipinski definition) is 1. The van der Waals surface area contributed by atoms with E-state index in [-0.39, 0.29) is 27.7 Å². The van der Waals surface area contributed by atoms with Crippen LogP contribution in [0, 0.1) is 0 Å². The topological polar surface area (TPSA) is 34.3 Å². The summed E-state index contributed by atoms with van der Waals surface area (Å²) in [5.41, 5.74) is 0. The Morgan fingerprint density at radius 3 is 2.29 bits per heavy atom. The van der Waals surface area contributed by atoms with Crippen LogP contribution in [0.4, 0.5) is 0 Å². The van der Waals surface area contributed by atoms with Gasteiger partial charge in [-0.3, -0.25) is 0 Å². The number of aliphatic hydroxyl groups excluding tert-OH is 1.